The third kappa shape index (κ3) is 2.95. The van der Waals surface area contributed by atoms with E-state index in [-0.39, 0.29) is 17.9 Å². The number of thiazole rings is 1. The molecule has 4 rings (SSSR count). The number of amides is 1. The van der Waals surface area contributed by atoms with Gasteiger partial charge in [0.15, 0.2) is 5.13 Å². The van der Waals surface area contributed by atoms with E-state index >= 15 is 0 Å². The summed E-state index contributed by atoms with van der Waals surface area (Å²) in [4.78, 5) is 27.0. The maximum absolute atomic E-state index is 12.2. The van der Waals surface area contributed by atoms with E-state index in [9.17, 15) is 9.59 Å². The van der Waals surface area contributed by atoms with E-state index in [2.05, 4.69) is 22.5 Å². The summed E-state index contributed by atoms with van der Waals surface area (Å²) in [6.45, 7) is 2.63. The molecule has 130 valence electrons. The molecule has 1 aromatic heterocycles. The average molecular weight is 349 g/mol. The lowest BCUT2D eigenvalue weighted by atomic mass is 9.72. The molecular weight excluding hydrogens is 326 g/mol. The van der Waals surface area contributed by atoms with Gasteiger partial charge in [0.05, 0.1) is 18.7 Å². The van der Waals surface area contributed by atoms with Crippen molar-refractivity contribution >= 4 is 28.3 Å². The Morgan fingerprint density at radius 2 is 2.21 bits per heavy atom. The molecule has 3 saturated carbocycles. The highest BCUT2D eigenvalue weighted by molar-refractivity contribution is 7.13. The SMILES string of the molecule is CC1CC2(NCC(=O)Nc3nc(CC(=O)O)cs3)CC3CC3(C1)C2. The molecule has 0 aromatic carbocycles. The number of carboxylic acid groups (broad SMARTS) is 1. The monoisotopic (exact) mass is 349 g/mol. The summed E-state index contributed by atoms with van der Waals surface area (Å²) >= 11 is 1.27. The van der Waals surface area contributed by atoms with Gasteiger partial charge in [-0.05, 0) is 49.4 Å². The van der Waals surface area contributed by atoms with Gasteiger partial charge in [0.1, 0.15) is 0 Å². The first kappa shape index (κ1) is 16.0. The smallest absolute Gasteiger partial charge is 0.309 e. The molecule has 3 fully saturated rings. The number of hydrogen-bond acceptors (Lipinski definition) is 5. The molecule has 3 aliphatic carbocycles. The lowest BCUT2D eigenvalue weighted by Gasteiger charge is -2.40. The van der Waals surface area contributed by atoms with E-state index in [1.165, 1.54) is 43.4 Å². The van der Waals surface area contributed by atoms with Gasteiger partial charge in [-0.2, -0.15) is 0 Å². The Morgan fingerprint density at radius 1 is 1.38 bits per heavy atom. The Kier molecular flexibility index (Phi) is 3.69. The molecule has 3 N–H and O–H groups in total. The number of carbonyl (C=O) groups excluding carboxylic acids is 1. The zero-order chi connectivity index (χ0) is 16.9. The molecule has 3 aliphatic rings. The van der Waals surface area contributed by atoms with Crippen LogP contribution in [-0.4, -0.2) is 34.1 Å². The van der Waals surface area contributed by atoms with Crippen LogP contribution in [0.2, 0.25) is 0 Å². The molecule has 6 nitrogen and oxygen atoms in total. The topological polar surface area (TPSA) is 91.3 Å². The zero-order valence-corrected chi connectivity index (χ0v) is 14.6. The molecule has 1 amide bonds. The molecule has 0 radical (unpaired) electrons. The predicted octanol–water partition coefficient (Wildman–Crippen LogP) is 2.27. The van der Waals surface area contributed by atoms with Crippen molar-refractivity contribution in [2.45, 2.75) is 51.0 Å². The van der Waals surface area contributed by atoms with E-state index in [4.69, 9.17) is 5.11 Å². The van der Waals surface area contributed by atoms with Crippen LogP contribution in [0.25, 0.3) is 0 Å². The van der Waals surface area contributed by atoms with Crippen LogP contribution in [0, 0.1) is 17.3 Å². The second kappa shape index (κ2) is 5.52. The second-order valence-electron chi connectivity index (χ2n) is 8.05. The molecule has 4 atom stereocenters. The lowest BCUT2D eigenvalue weighted by Crippen LogP contribution is -2.50. The van der Waals surface area contributed by atoms with Crippen LogP contribution < -0.4 is 10.6 Å². The molecule has 0 saturated heterocycles. The van der Waals surface area contributed by atoms with Crippen molar-refractivity contribution in [2.24, 2.45) is 17.3 Å². The molecule has 1 spiro atoms. The van der Waals surface area contributed by atoms with Gasteiger partial charge in [0.2, 0.25) is 5.91 Å². The third-order valence-corrected chi connectivity index (χ3v) is 6.74. The van der Waals surface area contributed by atoms with Crippen LogP contribution >= 0.6 is 11.3 Å². The van der Waals surface area contributed by atoms with Gasteiger partial charge >= 0.3 is 5.97 Å². The Bertz CT molecular complexity index is 686. The third-order valence-electron chi connectivity index (χ3n) is 5.93. The van der Waals surface area contributed by atoms with Gasteiger partial charge in [-0.15, -0.1) is 11.3 Å². The minimum absolute atomic E-state index is 0.103. The van der Waals surface area contributed by atoms with E-state index in [0.717, 1.165) is 11.8 Å². The number of carbonyl (C=O) groups is 2. The molecule has 1 heterocycles. The fourth-order valence-corrected chi connectivity index (χ4v) is 6.03. The average Bonchev–Trinajstić information content (AvgIpc) is 2.83. The summed E-state index contributed by atoms with van der Waals surface area (Å²) in [5, 5.41) is 17.2. The normalized spacial score (nSPS) is 36.2. The summed E-state index contributed by atoms with van der Waals surface area (Å²) in [5.74, 6) is 0.586. The van der Waals surface area contributed by atoms with Crippen molar-refractivity contribution in [3.05, 3.63) is 11.1 Å². The lowest BCUT2D eigenvalue weighted by molar-refractivity contribution is -0.136. The standard InChI is InChI=1S/C17H23N3O3S/c1-10-3-16-5-11(16)6-17(4-10,9-16)18-7-13(21)20-15-19-12(8-24-15)2-14(22)23/h8,10-11,18H,2-7,9H2,1H3,(H,22,23)(H,19,20,21). The van der Waals surface area contributed by atoms with Gasteiger partial charge in [-0.3, -0.25) is 9.59 Å². The number of carboxylic acids is 1. The summed E-state index contributed by atoms with van der Waals surface area (Å²) in [7, 11) is 0. The first-order chi connectivity index (χ1) is 11.4. The van der Waals surface area contributed by atoms with Crippen LogP contribution in [0.1, 0.15) is 44.7 Å². The van der Waals surface area contributed by atoms with Gasteiger partial charge in [0.25, 0.3) is 0 Å². The number of aliphatic carboxylic acids is 1. The zero-order valence-electron chi connectivity index (χ0n) is 13.8. The van der Waals surface area contributed by atoms with Crippen LogP contribution in [-0.2, 0) is 16.0 Å². The number of anilines is 1. The van der Waals surface area contributed by atoms with E-state index in [0.29, 0.717) is 22.8 Å². The van der Waals surface area contributed by atoms with Crippen molar-refractivity contribution in [2.75, 3.05) is 11.9 Å². The fraction of sp³-hybridized carbons (Fsp3) is 0.706. The van der Waals surface area contributed by atoms with Gasteiger partial charge < -0.3 is 15.7 Å². The highest BCUT2D eigenvalue weighted by Gasteiger charge is 2.67. The maximum Gasteiger partial charge on any atom is 0.309 e. The quantitative estimate of drug-likeness (QED) is 0.733. The predicted molar refractivity (Wildman–Crippen MR) is 91.0 cm³/mol. The summed E-state index contributed by atoms with van der Waals surface area (Å²) in [5.41, 5.74) is 1.21. The van der Waals surface area contributed by atoms with Crippen molar-refractivity contribution in [1.29, 1.82) is 0 Å². The minimum Gasteiger partial charge on any atom is -0.481 e. The molecule has 2 bridgehead atoms. The van der Waals surface area contributed by atoms with E-state index in [1.54, 1.807) is 5.38 Å². The number of fused-ring (bicyclic) bond motifs is 1. The van der Waals surface area contributed by atoms with Gasteiger partial charge in [-0.1, -0.05) is 6.92 Å². The summed E-state index contributed by atoms with van der Waals surface area (Å²) in [6, 6.07) is 0. The van der Waals surface area contributed by atoms with Crippen molar-refractivity contribution in [1.82, 2.24) is 10.3 Å². The highest BCUT2D eigenvalue weighted by Crippen LogP contribution is 2.73. The Labute approximate surface area is 145 Å². The largest absolute Gasteiger partial charge is 0.481 e. The van der Waals surface area contributed by atoms with Crippen molar-refractivity contribution in [3.63, 3.8) is 0 Å². The molecule has 1 aromatic rings. The number of aromatic nitrogens is 1. The highest BCUT2D eigenvalue weighted by atomic mass is 32.1. The second-order valence-corrected chi connectivity index (χ2v) is 8.91. The number of hydrogen-bond donors (Lipinski definition) is 3. The van der Waals surface area contributed by atoms with Crippen LogP contribution in [0.4, 0.5) is 5.13 Å². The maximum atomic E-state index is 12.2. The Hall–Kier alpha value is -1.47. The fourth-order valence-electron chi connectivity index (χ4n) is 5.30. The number of rotatable bonds is 6. The summed E-state index contributed by atoms with van der Waals surface area (Å²) in [6.07, 6.45) is 6.23. The van der Waals surface area contributed by atoms with Crippen LogP contribution in [0.3, 0.4) is 0 Å². The molecular formula is C17H23N3O3S. The van der Waals surface area contributed by atoms with Crippen molar-refractivity contribution in [3.8, 4) is 0 Å². The molecule has 24 heavy (non-hydrogen) atoms. The Morgan fingerprint density at radius 3 is 3.00 bits per heavy atom. The molecule has 4 unspecified atom stereocenters. The Balaban J connectivity index is 1.31. The van der Waals surface area contributed by atoms with Gasteiger partial charge in [0, 0.05) is 10.9 Å². The minimum atomic E-state index is -0.918. The molecule has 0 aliphatic heterocycles. The first-order valence-corrected chi connectivity index (χ1v) is 9.47. The number of nitrogens with zero attached hydrogens (tertiary/aromatic N) is 1. The first-order valence-electron chi connectivity index (χ1n) is 8.59. The van der Waals surface area contributed by atoms with E-state index < -0.39 is 5.97 Å². The van der Waals surface area contributed by atoms with Crippen molar-refractivity contribution < 1.29 is 14.7 Å². The van der Waals surface area contributed by atoms with Gasteiger partial charge in [-0.25, -0.2) is 4.98 Å². The molecule has 7 heteroatoms. The van der Waals surface area contributed by atoms with Crippen LogP contribution in [0.15, 0.2) is 5.38 Å². The van der Waals surface area contributed by atoms with E-state index in [1.807, 2.05) is 0 Å². The van der Waals surface area contributed by atoms with Crippen LogP contribution in [0.5, 0.6) is 0 Å². The number of nitrogens with one attached hydrogen (secondary N) is 2. The summed E-state index contributed by atoms with van der Waals surface area (Å²) < 4.78 is 0.